The van der Waals surface area contributed by atoms with Crippen LogP contribution in [0.25, 0.3) is 11.1 Å². The minimum Gasteiger partial charge on any atom is -0.355 e. The lowest BCUT2D eigenvalue weighted by molar-refractivity contribution is -0.120. The van der Waals surface area contributed by atoms with Crippen LogP contribution in [0.3, 0.4) is 0 Å². The lowest BCUT2D eigenvalue weighted by atomic mass is 9.96. The number of amides is 1. The van der Waals surface area contributed by atoms with Gasteiger partial charge in [-0.3, -0.25) is 4.79 Å². The molecule has 2 aromatic carbocycles. The van der Waals surface area contributed by atoms with E-state index in [4.69, 9.17) is 0 Å². The quantitative estimate of drug-likeness (QED) is 0.694. The monoisotopic (exact) mass is 400 g/mol. The summed E-state index contributed by atoms with van der Waals surface area (Å²) in [6.07, 6.45) is 3.32. The highest BCUT2D eigenvalue weighted by molar-refractivity contribution is 5.93. The van der Waals surface area contributed by atoms with Gasteiger partial charge in [0.2, 0.25) is 5.91 Å². The second-order valence-corrected chi connectivity index (χ2v) is 7.35. The van der Waals surface area contributed by atoms with Crippen LogP contribution in [0.1, 0.15) is 18.4 Å². The van der Waals surface area contributed by atoms with Crippen molar-refractivity contribution in [3.05, 3.63) is 78.2 Å². The highest BCUT2D eigenvalue weighted by Gasteiger charge is 2.27. The van der Waals surface area contributed by atoms with Crippen molar-refractivity contribution in [1.29, 1.82) is 5.26 Å². The summed E-state index contributed by atoms with van der Waals surface area (Å²) in [6.45, 7) is 1.30. The van der Waals surface area contributed by atoms with E-state index < -0.39 is 0 Å². The predicted molar refractivity (Wildman–Crippen MR) is 114 cm³/mol. The summed E-state index contributed by atoms with van der Waals surface area (Å²) in [5.74, 6) is 0.124. The van der Waals surface area contributed by atoms with E-state index in [2.05, 4.69) is 16.4 Å². The summed E-state index contributed by atoms with van der Waals surface area (Å²) < 4.78 is 13.4. The number of rotatable bonds is 4. The molecule has 30 heavy (non-hydrogen) atoms. The minimum absolute atomic E-state index is 0.0485. The Bertz CT molecular complexity index is 1090. The molecule has 0 aliphatic carbocycles. The second-order valence-electron chi connectivity index (χ2n) is 7.35. The number of halogens is 1. The molecule has 1 aliphatic heterocycles. The standard InChI is InChI=1S/C24H21FN4O/c25-21-7-1-4-18(14-21)17-8-10-22(11-9-17)28-24(30)20-6-3-13-29(16-20)23-19(15-26)5-2-12-27-23/h1-2,4-5,7-12,14,20H,3,6,13,16H2,(H,28,30)/t20-/m1/s1. The molecule has 1 aromatic heterocycles. The molecule has 0 radical (unpaired) electrons. The van der Waals surface area contributed by atoms with Crippen LogP contribution >= 0.6 is 0 Å². The molecule has 0 saturated carbocycles. The first-order valence-electron chi connectivity index (χ1n) is 9.91. The first-order chi connectivity index (χ1) is 14.6. The molecule has 1 atom stereocenters. The van der Waals surface area contributed by atoms with Crippen molar-refractivity contribution in [2.24, 2.45) is 5.92 Å². The Morgan fingerprint density at radius 2 is 1.97 bits per heavy atom. The van der Waals surface area contributed by atoms with E-state index in [9.17, 15) is 14.4 Å². The van der Waals surface area contributed by atoms with Crippen molar-refractivity contribution in [2.75, 3.05) is 23.3 Å². The molecule has 1 saturated heterocycles. The van der Waals surface area contributed by atoms with Gasteiger partial charge in [-0.05, 0) is 60.4 Å². The number of pyridine rings is 1. The zero-order valence-electron chi connectivity index (χ0n) is 16.4. The Kier molecular flexibility index (Phi) is 5.71. The van der Waals surface area contributed by atoms with Gasteiger partial charge < -0.3 is 10.2 Å². The van der Waals surface area contributed by atoms with E-state index in [1.807, 2.05) is 35.2 Å². The van der Waals surface area contributed by atoms with Gasteiger partial charge in [0.25, 0.3) is 0 Å². The molecule has 5 nitrogen and oxygen atoms in total. The van der Waals surface area contributed by atoms with Crippen LogP contribution in [0.5, 0.6) is 0 Å². The van der Waals surface area contributed by atoms with Crippen LogP contribution in [0.15, 0.2) is 66.9 Å². The first-order valence-corrected chi connectivity index (χ1v) is 9.91. The van der Waals surface area contributed by atoms with E-state index in [0.29, 0.717) is 23.6 Å². The molecule has 1 fully saturated rings. The topological polar surface area (TPSA) is 69.0 Å². The number of carbonyl (C=O) groups is 1. The summed E-state index contributed by atoms with van der Waals surface area (Å²) in [4.78, 5) is 19.2. The maximum absolute atomic E-state index is 13.4. The number of anilines is 2. The zero-order chi connectivity index (χ0) is 20.9. The largest absolute Gasteiger partial charge is 0.355 e. The summed E-state index contributed by atoms with van der Waals surface area (Å²) in [6, 6.07) is 19.5. The Labute approximate surface area is 174 Å². The molecule has 0 bridgehead atoms. The zero-order valence-corrected chi connectivity index (χ0v) is 16.4. The van der Waals surface area contributed by atoms with Gasteiger partial charge in [-0.2, -0.15) is 5.26 Å². The van der Waals surface area contributed by atoms with Crippen molar-refractivity contribution >= 4 is 17.4 Å². The Morgan fingerprint density at radius 3 is 2.73 bits per heavy atom. The van der Waals surface area contributed by atoms with Gasteiger partial charge in [-0.1, -0.05) is 24.3 Å². The van der Waals surface area contributed by atoms with Gasteiger partial charge in [0.15, 0.2) is 0 Å². The van der Waals surface area contributed by atoms with Gasteiger partial charge >= 0.3 is 0 Å². The summed E-state index contributed by atoms with van der Waals surface area (Å²) >= 11 is 0. The van der Waals surface area contributed by atoms with Gasteiger partial charge in [-0.25, -0.2) is 9.37 Å². The number of nitrogens with one attached hydrogen (secondary N) is 1. The summed E-state index contributed by atoms with van der Waals surface area (Å²) in [5, 5.41) is 12.3. The van der Waals surface area contributed by atoms with Crippen molar-refractivity contribution in [3.63, 3.8) is 0 Å². The third-order valence-corrected chi connectivity index (χ3v) is 5.31. The first kappa shape index (κ1) is 19.6. The molecule has 3 aromatic rings. The van der Waals surface area contributed by atoms with Crippen LogP contribution in [-0.4, -0.2) is 24.0 Å². The lowest BCUT2D eigenvalue weighted by Gasteiger charge is -2.33. The van der Waals surface area contributed by atoms with Crippen molar-refractivity contribution in [1.82, 2.24) is 4.98 Å². The Hall–Kier alpha value is -3.72. The fourth-order valence-corrected chi connectivity index (χ4v) is 3.78. The molecule has 6 heteroatoms. The van der Waals surface area contributed by atoms with E-state index in [1.54, 1.807) is 24.4 Å². The number of nitrogens with zero attached hydrogens (tertiary/aromatic N) is 3. The lowest BCUT2D eigenvalue weighted by Crippen LogP contribution is -2.41. The molecular formula is C24H21FN4O. The van der Waals surface area contributed by atoms with E-state index in [1.165, 1.54) is 12.1 Å². The number of hydrogen-bond donors (Lipinski definition) is 1. The molecule has 0 spiro atoms. The van der Waals surface area contributed by atoms with Gasteiger partial charge in [0, 0.05) is 25.0 Å². The van der Waals surface area contributed by atoms with Crippen molar-refractivity contribution in [3.8, 4) is 17.2 Å². The third-order valence-electron chi connectivity index (χ3n) is 5.31. The molecule has 1 amide bonds. The average molecular weight is 400 g/mol. The third kappa shape index (κ3) is 4.31. The number of hydrogen-bond acceptors (Lipinski definition) is 4. The molecule has 4 rings (SSSR count). The fraction of sp³-hybridized carbons (Fsp3) is 0.208. The highest BCUT2D eigenvalue weighted by atomic mass is 19.1. The van der Waals surface area contributed by atoms with Gasteiger partial charge in [0.05, 0.1) is 11.5 Å². The van der Waals surface area contributed by atoms with E-state index >= 15 is 0 Å². The van der Waals surface area contributed by atoms with Gasteiger partial charge in [-0.15, -0.1) is 0 Å². The summed E-state index contributed by atoms with van der Waals surface area (Å²) in [5.41, 5.74) is 2.90. The molecule has 2 heterocycles. The number of aromatic nitrogens is 1. The predicted octanol–water partition coefficient (Wildman–Crippen LogP) is 4.61. The van der Waals surface area contributed by atoms with Crippen LogP contribution in [0, 0.1) is 23.1 Å². The Balaban J connectivity index is 1.43. The number of nitriles is 1. The number of benzene rings is 2. The van der Waals surface area contributed by atoms with Crippen LogP contribution in [0.2, 0.25) is 0 Å². The van der Waals surface area contributed by atoms with Crippen LogP contribution in [0.4, 0.5) is 15.9 Å². The minimum atomic E-state index is -0.279. The molecule has 150 valence electrons. The summed E-state index contributed by atoms with van der Waals surface area (Å²) in [7, 11) is 0. The fourth-order valence-electron chi connectivity index (χ4n) is 3.78. The Morgan fingerprint density at radius 1 is 1.13 bits per heavy atom. The molecule has 1 aliphatic rings. The van der Waals surface area contributed by atoms with E-state index in [-0.39, 0.29) is 17.6 Å². The maximum atomic E-state index is 13.4. The maximum Gasteiger partial charge on any atom is 0.229 e. The highest BCUT2D eigenvalue weighted by Crippen LogP contribution is 2.26. The SMILES string of the molecule is N#Cc1cccnc1N1CCC[C@@H](C(=O)Nc2ccc(-c3cccc(F)c3)cc2)C1. The van der Waals surface area contributed by atoms with Crippen molar-refractivity contribution in [2.45, 2.75) is 12.8 Å². The van der Waals surface area contributed by atoms with Gasteiger partial charge in [0.1, 0.15) is 17.7 Å². The average Bonchev–Trinajstić information content (AvgIpc) is 2.79. The number of piperidine rings is 1. The molecular weight excluding hydrogens is 379 g/mol. The normalized spacial score (nSPS) is 16.0. The van der Waals surface area contributed by atoms with E-state index in [0.717, 1.165) is 30.5 Å². The van der Waals surface area contributed by atoms with Crippen molar-refractivity contribution < 1.29 is 9.18 Å². The smallest absolute Gasteiger partial charge is 0.229 e. The molecule has 0 unspecified atom stereocenters. The van der Waals surface area contributed by atoms with Crippen LogP contribution < -0.4 is 10.2 Å². The number of carbonyl (C=O) groups excluding carboxylic acids is 1. The molecule has 1 N–H and O–H groups in total. The second kappa shape index (κ2) is 8.75. The van der Waals surface area contributed by atoms with Crippen LogP contribution in [-0.2, 0) is 4.79 Å².